The first-order valence-electron chi connectivity index (χ1n) is 4.24. The Bertz CT molecular complexity index is 315. The van der Waals surface area contributed by atoms with Gasteiger partial charge in [0.2, 0.25) is 5.95 Å². The zero-order valence-corrected chi connectivity index (χ0v) is 8.77. The molecule has 1 aromatic heterocycles. The molecule has 0 atom stereocenters. The van der Waals surface area contributed by atoms with Gasteiger partial charge in [0.15, 0.2) is 4.77 Å². The van der Waals surface area contributed by atoms with Gasteiger partial charge in [-0.2, -0.15) is 0 Å². The molecule has 0 radical (unpaired) electrons. The zero-order chi connectivity index (χ0) is 9.84. The molecule has 0 aromatic carbocycles. The second-order valence-electron chi connectivity index (χ2n) is 2.93. The van der Waals surface area contributed by atoms with Crippen molar-refractivity contribution in [2.45, 2.75) is 13.5 Å². The first kappa shape index (κ1) is 10.2. The van der Waals surface area contributed by atoms with Gasteiger partial charge < -0.3 is 10.6 Å². The Labute approximate surface area is 82.5 Å². The van der Waals surface area contributed by atoms with Gasteiger partial charge in [0.05, 0.1) is 0 Å². The van der Waals surface area contributed by atoms with E-state index in [-0.39, 0.29) is 0 Å². The minimum Gasteiger partial charge on any atom is -0.368 e. The Kier molecular flexibility index (Phi) is 3.44. The van der Waals surface area contributed by atoms with Crippen molar-refractivity contribution in [1.29, 1.82) is 0 Å². The van der Waals surface area contributed by atoms with Crippen LogP contribution in [0.5, 0.6) is 0 Å². The molecule has 13 heavy (non-hydrogen) atoms. The van der Waals surface area contributed by atoms with E-state index in [1.54, 1.807) is 4.57 Å². The molecule has 0 amide bonds. The molecule has 0 aliphatic rings. The quantitative estimate of drug-likeness (QED) is 0.695. The first-order valence-corrected chi connectivity index (χ1v) is 4.65. The van der Waals surface area contributed by atoms with E-state index >= 15 is 0 Å². The maximum absolute atomic E-state index is 5.60. The predicted molar refractivity (Wildman–Crippen MR) is 55.0 cm³/mol. The number of hydrogen-bond donors (Lipinski definition) is 2. The van der Waals surface area contributed by atoms with Gasteiger partial charge in [-0.15, -0.1) is 5.10 Å². The standard InChI is InChI=1S/C7H15N5S/c1-3-11(2)4-5-12-6(8)9-10-7(12)13/h3-5H2,1-2H3,(H2,8,9)(H,10,13). The molecule has 0 fully saturated rings. The van der Waals surface area contributed by atoms with Gasteiger partial charge in [0.1, 0.15) is 0 Å². The molecule has 0 aliphatic heterocycles. The van der Waals surface area contributed by atoms with Crippen LogP contribution in [0.3, 0.4) is 0 Å². The second kappa shape index (κ2) is 4.38. The maximum Gasteiger partial charge on any atom is 0.220 e. The number of nitrogen functional groups attached to an aromatic ring is 1. The molecule has 74 valence electrons. The molecule has 0 unspecified atom stereocenters. The lowest BCUT2D eigenvalue weighted by Crippen LogP contribution is -2.23. The normalized spacial score (nSPS) is 11.0. The van der Waals surface area contributed by atoms with Gasteiger partial charge in [-0.25, -0.2) is 5.10 Å². The fraction of sp³-hybridized carbons (Fsp3) is 0.714. The molecule has 1 rings (SSSR count). The maximum atomic E-state index is 5.60. The van der Waals surface area contributed by atoms with Crippen LogP contribution in [-0.2, 0) is 6.54 Å². The highest BCUT2D eigenvalue weighted by atomic mass is 32.1. The number of nitrogens with two attached hydrogens (primary N) is 1. The van der Waals surface area contributed by atoms with Gasteiger partial charge in [-0.05, 0) is 25.8 Å². The molecule has 0 aliphatic carbocycles. The van der Waals surface area contributed by atoms with Crippen LogP contribution in [-0.4, -0.2) is 39.8 Å². The Morgan fingerprint density at radius 1 is 1.69 bits per heavy atom. The van der Waals surface area contributed by atoms with E-state index in [4.69, 9.17) is 18.0 Å². The van der Waals surface area contributed by atoms with E-state index in [2.05, 4.69) is 29.1 Å². The third-order valence-electron chi connectivity index (χ3n) is 2.03. The van der Waals surface area contributed by atoms with Crippen LogP contribution in [0.1, 0.15) is 6.92 Å². The van der Waals surface area contributed by atoms with E-state index in [9.17, 15) is 0 Å². The average molecular weight is 201 g/mol. The number of nitrogens with zero attached hydrogens (tertiary/aromatic N) is 3. The van der Waals surface area contributed by atoms with Gasteiger partial charge in [-0.3, -0.25) is 4.57 Å². The summed E-state index contributed by atoms with van der Waals surface area (Å²) in [5.74, 6) is 0.453. The first-order chi connectivity index (χ1) is 6.15. The predicted octanol–water partition coefficient (Wildman–Crippen LogP) is 0.475. The SMILES string of the molecule is CCN(C)CCn1c(N)n[nH]c1=S. The zero-order valence-electron chi connectivity index (χ0n) is 7.95. The summed E-state index contributed by atoms with van der Waals surface area (Å²) in [5, 5.41) is 6.48. The molecular formula is C7H15N5S. The van der Waals surface area contributed by atoms with Crippen molar-refractivity contribution in [3.05, 3.63) is 4.77 Å². The van der Waals surface area contributed by atoms with Crippen molar-refractivity contribution in [1.82, 2.24) is 19.7 Å². The van der Waals surface area contributed by atoms with Crippen molar-refractivity contribution in [2.75, 3.05) is 25.9 Å². The average Bonchev–Trinajstić information content (AvgIpc) is 2.43. The van der Waals surface area contributed by atoms with Crippen molar-refractivity contribution >= 4 is 18.2 Å². The summed E-state index contributed by atoms with van der Waals surface area (Å²) in [6, 6.07) is 0. The lowest BCUT2D eigenvalue weighted by atomic mass is 10.5. The monoisotopic (exact) mass is 201 g/mol. The Morgan fingerprint density at radius 2 is 2.38 bits per heavy atom. The molecule has 3 N–H and O–H groups in total. The van der Waals surface area contributed by atoms with Crippen LogP contribution in [0.4, 0.5) is 5.95 Å². The van der Waals surface area contributed by atoms with Crippen molar-refractivity contribution in [3.8, 4) is 0 Å². The molecule has 5 nitrogen and oxygen atoms in total. The largest absolute Gasteiger partial charge is 0.368 e. The Morgan fingerprint density at radius 3 is 2.85 bits per heavy atom. The molecule has 0 saturated heterocycles. The summed E-state index contributed by atoms with van der Waals surface area (Å²) in [5.41, 5.74) is 5.60. The molecule has 1 heterocycles. The Balaban J connectivity index is 2.59. The second-order valence-corrected chi connectivity index (χ2v) is 3.32. The number of H-pyrrole nitrogens is 1. The van der Waals surface area contributed by atoms with E-state index < -0.39 is 0 Å². The number of aromatic nitrogens is 3. The molecule has 0 saturated carbocycles. The summed E-state index contributed by atoms with van der Waals surface area (Å²) >= 11 is 5.01. The fourth-order valence-electron chi connectivity index (χ4n) is 0.975. The number of aromatic amines is 1. The van der Waals surface area contributed by atoms with Gasteiger partial charge in [0, 0.05) is 13.1 Å². The van der Waals surface area contributed by atoms with Gasteiger partial charge >= 0.3 is 0 Å². The van der Waals surface area contributed by atoms with Crippen LogP contribution < -0.4 is 5.73 Å². The van der Waals surface area contributed by atoms with Crippen molar-refractivity contribution in [3.63, 3.8) is 0 Å². The molecule has 0 bridgehead atoms. The van der Waals surface area contributed by atoms with Crippen molar-refractivity contribution in [2.24, 2.45) is 0 Å². The van der Waals surface area contributed by atoms with Crippen molar-refractivity contribution < 1.29 is 0 Å². The summed E-state index contributed by atoms with van der Waals surface area (Å²) < 4.78 is 2.38. The lowest BCUT2D eigenvalue weighted by Gasteiger charge is -2.13. The minimum atomic E-state index is 0.453. The van der Waals surface area contributed by atoms with Crippen LogP contribution >= 0.6 is 12.2 Å². The third-order valence-corrected chi connectivity index (χ3v) is 2.34. The van der Waals surface area contributed by atoms with E-state index in [0.717, 1.165) is 19.6 Å². The van der Waals surface area contributed by atoms with Crippen LogP contribution in [0, 0.1) is 4.77 Å². The smallest absolute Gasteiger partial charge is 0.220 e. The number of likely N-dealkylation sites (N-methyl/N-ethyl adjacent to an activating group) is 1. The highest BCUT2D eigenvalue weighted by molar-refractivity contribution is 7.71. The van der Waals surface area contributed by atoms with Crippen LogP contribution in [0.25, 0.3) is 0 Å². The Hall–Kier alpha value is -0.880. The molecule has 6 heteroatoms. The minimum absolute atomic E-state index is 0.453. The molecule has 1 aromatic rings. The lowest BCUT2D eigenvalue weighted by molar-refractivity contribution is 0.335. The van der Waals surface area contributed by atoms with E-state index in [1.165, 1.54) is 0 Å². The number of hydrogen-bond acceptors (Lipinski definition) is 4. The number of rotatable bonds is 4. The van der Waals surface area contributed by atoms with Crippen LogP contribution in [0.2, 0.25) is 0 Å². The summed E-state index contributed by atoms with van der Waals surface area (Å²) in [4.78, 5) is 2.19. The van der Waals surface area contributed by atoms with Gasteiger partial charge in [-0.1, -0.05) is 6.92 Å². The summed E-state index contributed by atoms with van der Waals surface area (Å²) in [7, 11) is 2.06. The highest BCUT2D eigenvalue weighted by Crippen LogP contribution is 1.98. The molecular weight excluding hydrogens is 186 g/mol. The van der Waals surface area contributed by atoms with E-state index in [1.807, 2.05) is 0 Å². The number of nitrogens with one attached hydrogen (secondary N) is 1. The number of anilines is 1. The third kappa shape index (κ3) is 2.53. The summed E-state index contributed by atoms with van der Waals surface area (Å²) in [6.07, 6.45) is 0. The topological polar surface area (TPSA) is 62.9 Å². The van der Waals surface area contributed by atoms with Crippen LogP contribution in [0.15, 0.2) is 0 Å². The van der Waals surface area contributed by atoms with Gasteiger partial charge in [0.25, 0.3) is 0 Å². The summed E-state index contributed by atoms with van der Waals surface area (Å²) in [6.45, 7) is 4.84. The van der Waals surface area contributed by atoms with E-state index in [0.29, 0.717) is 10.7 Å². The highest BCUT2D eigenvalue weighted by Gasteiger charge is 2.01. The fourth-order valence-corrected chi connectivity index (χ4v) is 1.21. The molecule has 0 spiro atoms.